The smallest absolute Gasteiger partial charge is 0.326 e. The SMILES string of the molecule is CC(C)C[C@@H](C(=O)O)N1C[C@@H](O)[C@@H](O)C1=O. The van der Waals surface area contributed by atoms with Crippen LogP contribution in [0.3, 0.4) is 0 Å². The monoisotopic (exact) mass is 231 g/mol. The summed E-state index contributed by atoms with van der Waals surface area (Å²) in [5.41, 5.74) is 0. The summed E-state index contributed by atoms with van der Waals surface area (Å²) >= 11 is 0. The molecule has 0 bridgehead atoms. The van der Waals surface area contributed by atoms with Crippen LogP contribution in [0.25, 0.3) is 0 Å². The fourth-order valence-corrected chi connectivity index (χ4v) is 1.81. The van der Waals surface area contributed by atoms with Gasteiger partial charge in [-0.15, -0.1) is 0 Å². The highest BCUT2D eigenvalue weighted by Gasteiger charge is 2.43. The molecule has 0 aromatic rings. The molecule has 16 heavy (non-hydrogen) atoms. The van der Waals surface area contributed by atoms with E-state index in [-0.39, 0.29) is 12.5 Å². The molecule has 3 N–H and O–H groups in total. The van der Waals surface area contributed by atoms with Gasteiger partial charge in [0.05, 0.1) is 6.54 Å². The van der Waals surface area contributed by atoms with Gasteiger partial charge in [0.1, 0.15) is 12.1 Å². The molecular formula is C10H17NO5. The summed E-state index contributed by atoms with van der Waals surface area (Å²) in [5.74, 6) is -1.70. The number of β-amino-alcohol motifs (C(OH)–C–C–N with tert-alkyl or cyclic N) is 1. The lowest BCUT2D eigenvalue weighted by Gasteiger charge is -2.25. The van der Waals surface area contributed by atoms with E-state index in [1.54, 1.807) is 0 Å². The minimum Gasteiger partial charge on any atom is -0.480 e. The van der Waals surface area contributed by atoms with Crippen molar-refractivity contribution < 1.29 is 24.9 Å². The molecule has 1 aliphatic heterocycles. The maximum Gasteiger partial charge on any atom is 0.326 e. The Bertz CT molecular complexity index is 289. The predicted molar refractivity (Wildman–Crippen MR) is 54.6 cm³/mol. The van der Waals surface area contributed by atoms with E-state index < -0.39 is 30.1 Å². The van der Waals surface area contributed by atoms with Crippen molar-refractivity contribution in [1.29, 1.82) is 0 Å². The Morgan fingerprint density at radius 1 is 1.50 bits per heavy atom. The maximum atomic E-state index is 11.5. The number of carbonyl (C=O) groups excluding carboxylic acids is 1. The molecule has 0 spiro atoms. The molecular weight excluding hydrogens is 214 g/mol. The first kappa shape index (κ1) is 12.9. The maximum absolute atomic E-state index is 11.5. The number of nitrogens with zero attached hydrogens (tertiary/aromatic N) is 1. The van der Waals surface area contributed by atoms with E-state index in [2.05, 4.69) is 0 Å². The summed E-state index contributed by atoms with van der Waals surface area (Å²) in [4.78, 5) is 23.6. The van der Waals surface area contributed by atoms with Crippen molar-refractivity contribution in [3.63, 3.8) is 0 Å². The van der Waals surface area contributed by atoms with E-state index in [0.717, 1.165) is 4.90 Å². The van der Waals surface area contributed by atoms with E-state index >= 15 is 0 Å². The number of amides is 1. The third kappa shape index (κ3) is 2.51. The summed E-state index contributed by atoms with van der Waals surface area (Å²) in [6.07, 6.45) is -2.38. The molecule has 0 unspecified atom stereocenters. The van der Waals surface area contributed by atoms with Crippen LogP contribution in [0.15, 0.2) is 0 Å². The van der Waals surface area contributed by atoms with Gasteiger partial charge in [-0.1, -0.05) is 13.8 Å². The molecule has 1 rings (SSSR count). The van der Waals surface area contributed by atoms with Gasteiger partial charge in [-0.3, -0.25) is 4.79 Å². The van der Waals surface area contributed by atoms with Crippen molar-refractivity contribution in [3.05, 3.63) is 0 Å². The first-order chi connectivity index (χ1) is 7.34. The first-order valence-corrected chi connectivity index (χ1v) is 5.24. The highest BCUT2D eigenvalue weighted by Crippen LogP contribution is 2.20. The normalized spacial score (nSPS) is 27.6. The molecule has 6 nitrogen and oxygen atoms in total. The van der Waals surface area contributed by atoms with Crippen molar-refractivity contribution >= 4 is 11.9 Å². The number of aliphatic hydroxyl groups is 2. The third-order valence-electron chi connectivity index (χ3n) is 2.64. The van der Waals surface area contributed by atoms with Crippen LogP contribution < -0.4 is 0 Å². The summed E-state index contributed by atoms with van der Waals surface area (Å²) in [5, 5.41) is 27.6. The summed E-state index contributed by atoms with van der Waals surface area (Å²) in [7, 11) is 0. The van der Waals surface area contributed by atoms with Gasteiger partial charge in [0.2, 0.25) is 0 Å². The van der Waals surface area contributed by atoms with E-state index in [1.165, 1.54) is 0 Å². The number of aliphatic hydroxyl groups excluding tert-OH is 2. The molecule has 6 heteroatoms. The second-order valence-corrected chi connectivity index (χ2v) is 4.49. The summed E-state index contributed by atoms with van der Waals surface area (Å²) in [6.45, 7) is 3.58. The zero-order valence-electron chi connectivity index (χ0n) is 9.33. The molecule has 1 amide bonds. The Morgan fingerprint density at radius 3 is 2.38 bits per heavy atom. The quantitative estimate of drug-likeness (QED) is 0.579. The second kappa shape index (κ2) is 4.80. The van der Waals surface area contributed by atoms with Gasteiger partial charge < -0.3 is 20.2 Å². The molecule has 1 saturated heterocycles. The fraction of sp³-hybridized carbons (Fsp3) is 0.800. The molecule has 0 radical (unpaired) electrons. The number of hydrogen-bond acceptors (Lipinski definition) is 4. The largest absolute Gasteiger partial charge is 0.480 e. The Balaban J connectivity index is 2.80. The molecule has 0 aromatic carbocycles. The molecule has 1 heterocycles. The number of likely N-dealkylation sites (tertiary alicyclic amines) is 1. The van der Waals surface area contributed by atoms with Gasteiger partial charge in [-0.2, -0.15) is 0 Å². The van der Waals surface area contributed by atoms with Gasteiger partial charge in [0.25, 0.3) is 5.91 Å². The van der Waals surface area contributed by atoms with E-state index in [9.17, 15) is 19.8 Å². The van der Waals surface area contributed by atoms with Crippen molar-refractivity contribution in [1.82, 2.24) is 4.90 Å². The molecule has 0 aliphatic carbocycles. The molecule has 92 valence electrons. The minimum atomic E-state index is -1.49. The Morgan fingerprint density at radius 2 is 2.06 bits per heavy atom. The van der Waals surface area contributed by atoms with Crippen molar-refractivity contribution in [3.8, 4) is 0 Å². The number of aliphatic carboxylic acids is 1. The lowest BCUT2D eigenvalue weighted by atomic mass is 10.0. The van der Waals surface area contributed by atoms with Gasteiger partial charge in [-0.05, 0) is 12.3 Å². The number of hydrogen-bond donors (Lipinski definition) is 3. The van der Waals surface area contributed by atoms with Crippen LogP contribution in [0.1, 0.15) is 20.3 Å². The zero-order chi connectivity index (χ0) is 12.5. The van der Waals surface area contributed by atoms with Crippen LogP contribution in [-0.2, 0) is 9.59 Å². The van der Waals surface area contributed by atoms with Crippen LogP contribution in [0.5, 0.6) is 0 Å². The van der Waals surface area contributed by atoms with E-state index in [4.69, 9.17) is 5.11 Å². The van der Waals surface area contributed by atoms with Gasteiger partial charge >= 0.3 is 5.97 Å². The molecule has 1 fully saturated rings. The predicted octanol–water partition coefficient (Wildman–Crippen LogP) is -0.950. The fourth-order valence-electron chi connectivity index (χ4n) is 1.81. The van der Waals surface area contributed by atoms with Gasteiger partial charge in [0.15, 0.2) is 6.10 Å². The Labute approximate surface area is 93.5 Å². The molecule has 0 saturated carbocycles. The molecule has 3 atom stereocenters. The van der Waals surface area contributed by atoms with Crippen molar-refractivity contribution in [2.24, 2.45) is 5.92 Å². The van der Waals surface area contributed by atoms with Crippen LogP contribution in [0, 0.1) is 5.92 Å². The van der Waals surface area contributed by atoms with Crippen LogP contribution in [-0.4, -0.2) is 56.9 Å². The minimum absolute atomic E-state index is 0.115. The summed E-state index contributed by atoms with van der Waals surface area (Å²) in [6, 6.07) is -0.973. The Kier molecular flexibility index (Phi) is 3.88. The lowest BCUT2D eigenvalue weighted by molar-refractivity contribution is -0.151. The highest BCUT2D eigenvalue weighted by molar-refractivity contribution is 5.88. The van der Waals surface area contributed by atoms with Crippen molar-refractivity contribution in [2.45, 2.75) is 38.5 Å². The highest BCUT2D eigenvalue weighted by atomic mass is 16.4. The van der Waals surface area contributed by atoms with Crippen LogP contribution in [0.4, 0.5) is 0 Å². The van der Waals surface area contributed by atoms with Gasteiger partial charge in [-0.25, -0.2) is 4.79 Å². The van der Waals surface area contributed by atoms with Gasteiger partial charge in [0, 0.05) is 0 Å². The van der Waals surface area contributed by atoms with Crippen LogP contribution in [0.2, 0.25) is 0 Å². The first-order valence-electron chi connectivity index (χ1n) is 5.24. The number of carboxylic acid groups (broad SMARTS) is 1. The zero-order valence-corrected chi connectivity index (χ0v) is 9.33. The standard InChI is InChI=1S/C10H17NO5/c1-5(2)3-6(10(15)16)11-4-7(12)8(13)9(11)14/h5-8,12-13H,3-4H2,1-2H3,(H,15,16)/t6-,7+,8+/m0/s1. The van der Waals surface area contributed by atoms with Crippen molar-refractivity contribution in [2.75, 3.05) is 6.54 Å². The van der Waals surface area contributed by atoms with E-state index in [1.807, 2.05) is 13.8 Å². The second-order valence-electron chi connectivity index (χ2n) is 4.49. The molecule has 0 aromatic heterocycles. The lowest BCUT2D eigenvalue weighted by Crippen LogP contribution is -2.44. The average Bonchev–Trinajstić information content (AvgIpc) is 2.42. The molecule has 1 aliphatic rings. The van der Waals surface area contributed by atoms with E-state index in [0.29, 0.717) is 6.42 Å². The number of carbonyl (C=O) groups is 2. The topological polar surface area (TPSA) is 98.1 Å². The number of carboxylic acids is 1. The summed E-state index contributed by atoms with van der Waals surface area (Å²) < 4.78 is 0. The average molecular weight is 231 g/mol. The number of rotatable bonds is 4. The van der Waals surface area contributed by atoms with Crippen LogP contribution >= 0.6 is 0 Å². The Hall–Kier alpha value is -1.14. The third-order valence-corrected chi connectivity index (χ3v) is 2.64.